The number of hydrogen-bond donors (Lipinski definition) is 17. The SMILES string of the molecule is CC.CC.CC.CC.CCc1cc(=N)n[c-][nH]1.COc1nc(N)cc(N)n1.CSc1nc(N)cc(N)n1.N=c1cc(Cl)[nH][c-]n1.NC(N)=S.Nc1cc(Cl)nc(Cl)n1.Nc1cc(N)[nH]c(=O)n1.Nc1cc(N)[nH]c(=S)n1.[C-]#[N+]CC#N.[CH3-].[CH3-].[Y].[Y]. The molecule has 0 aliphatic carbocycles. The first-order chi connectivity index (χ1) is 38.2. The molecule has 0 atom stereocenters. The molecule has 7 aromatic heterocycles. The van der Waals surface area contributed by atoms with Crippen LogP contribution in [0, 0.1) is 61.0 Å². The first kappa shape index (κ1) is 100. The van der Waals surface area contributed by atoms with Crippen molar-refractivity contribution in [2.75, 3.05) is 71.5 Å². The number of nitrogens with zero attached hydrogens (tertiary/aromatic N) is 12. The molecule has 85 heavy (non-hydrogen) atoms. The van der Waals surface area contributed by atoms with Crippen LogP contribution in [0.2, 0.25) is 15.6 Å². The predicted molar refractivity (Wildman–Crippen MR) is 346 cm³/mol. The average Bonchev–Trinajstić information content (AvgIpc) is 3.38. The van der Waals surface area contributed by atoms with Gasteiger partial charge in [-0.15, -0.1) is 17.7 Å². The molecule has 0 unspecified atom stereocenters. The molecule has 0 spiro atoms. The number of hydrogen-bond acceptors (Lipinski definition) is 27. The van der Waals surface area contributed by atoms with Crippen LogP contribution in [0.3, 0.4) is 0 Å². The van der Waals surface area contributed by atoms with E-state index in [1.165, 1.54) is 55.3 Å². The van der Waals surface area contributed by atoms with Crippen molar-refractivity contribution in [3.05, 3.63) is 129 Å². The number of halogens is 3. The van der Waals surface area contributed by atoms with Crippen LogP contribution < -0.4 is 84.5 Å². The Bertz CT molecular complexity index is 2850. The Labute approximate surface area is 576 Å². The van der Waals surface area contributed by atoms with E-state index in [9.17, 15) is 4.79 Å². The topological polar surface area (TPSA) is 580 Å². The molecule has 7 aromatic rings. The summed E-state index contributed by atoms with van der Waals surface area (Å²) in [5, 5.41) is 22.9. The van der Waals surface area contributed by atoms with Crippen LogP contribution in [0.4, 0.5) is 52.4 Å². The van der Waals surface area contributed by atoms with Crippen molar-refractivity contribution < 1.29 is 70.2 Å². The number of aromatic nitrogens is 14. The number of H-pyrrole nitrogens is 4. The van der Waals surface area contributed by atoms with Gasteiger partial charge in [0.15, 0.2) is 15.0 Å². The van der Waals surface area contributed by atoms with Crippen LogP contribution in [0.15, 0.2) is 52.4 Å². The van der Waals surface area contributed by atoms with Crippen molar-refractivity contribution in [3.8, 4) is 12.1 Å². The molecule has 2 radical (unpaired) electrons. The summed E-state index contributed by atoms with van der Waals surface area (Å²) in [5.41, 5.74) is 57.7. The van der Waals surface area contributed by atoms with Crippen molar-refractivity contribution in [1.29, 1.82) is 16.1 Å². The molecule has 39 heteroatoms. The number of nitrogens with one attached hydrogen (secondary N) is 6. The fraction of sp³-hybridized carbons (Fsp3) is 0.283. The summed E-state index contributed by atoms with van der Waals surface area (Å²) in [6, 6.07) is 12.2. The predicted octanol–water partition coefficient (Wildman–Crippen LogP) is 5.83. The van der Waals surface area contributed by atoms with Gasteiger partial charge in [-0.05, 0) is 47.4 Å². The van der Waals surface area contributed by atoms with Gasteiger partial charge in [-0.2, -0.15) is 20.2 Å². The quantitative estimate of drug-likeness (QED) is 0.0247. The van der Waals surface area contributed by atoms with Gasteiger partial charge in [0.2, 0.25) is 5.28 Å². The van der Waals surface area contributed by atoms with Gasteiger partial charge in [-0.25, -0.2) is 36.3 Å². The molecule has 0 fully saturated rings. The maximum absolute atomic E-state index is 10.4. The maximum Gasteiger partial charge on any atom is 0.348 e. The van der Waals surface area contributed by atoms with Crippen molar-refractivity contribution in [2.45, 2.75) is 73.9 Å². The molecule has 0 saturated carbocycles. The minimum absolute atomic E-state index is 0. The van der Waals surface area contributed by atoms with E-state index >= 15 is 0 Å². The summed E-state index contributed by atoms with van der Waals surface area (Å²) in [7, 11) is 1.45. The standard InChI is InChI=1S/C6H8N3.C5H8N4O.C5H8N4S.C4H3Cl2N3.C4H3ClN3.C4H6N4O.C4H6N4S.C3H2N2.4C2H6.CH4N2S.2CH3.2Y/c1-2-5-3-6(7)9-4-8-5;2*1-10-5-8-3(6)2-4(7)9-5;5-2-1-3(7)9-4(6)8-2;5-3-1-4(6)8-2-7-3;2*5-2-1-3(6)8-4(9)7-2;1-5-3-2-4;4*1-2;2-1(3)4;;;;/h3H,2H2,1H3,(H2,7,8,9);2*2H,1H3,(H4,6,7,8,9);1H,(H2,7,8,9);1H,(H2,6,7,8);2*1H,(H5,5,6,7,8,9);3H2;4*1-2H3;(H4,2,3,4);2*1H3;;/q-1;;;;-1;;;;;;;;;2*-1;;. The van der Waals surface area contributed by atoms with Crippen LogP contribution in [0.1, 0.15) is 68.0 Å². The minimum atomic E-state index is -0.521. The minimum Gasteiger partial charge on any atom is -0.467 e. The molecule has 7 rings (SSSR count). The number of aryl methyl sites for hydroxylation is 1. The molecule has 468 valence electrons. The number of thiocarbonyl (C=S) groups is 1. The first-order valence-electron chi connectivity index (χ1n) is 22.8. The van der Waals surface area contributed by atoms with Gasteiger partial charge in [0.05, 0.1) is 7.11 Å². The van der Waals surface area contributed by atoms with Gasteiger partial charge < -0.3 is 123 Å². The molecule has 28 N–H and O–H groups in total. The number of nitrogen functional groups attached to an aromatic ring is 9. The summed E-state index contributed by atoms with van der Waals surface area (Å²) in [6.45, 7) is 24.0. The maximum atomic E-state index is 10.4. The van der Waals surface area contributed by atoms with Crippen LogP contribution >= 0.6 is 71.0 Å². The fourth-order valence-electron chi connectivity index (χ4n) is 3.45. The zero-order valence-electron chi connectivity index (χ0n) is 49.5. The fourth-order valence-corrected chi connectivity index (χ4v) is 4.64. The Kier molecular flexibility index (Phi) is 78.4. The van der Waals surface area contributed by atoms with Crippen molar-refractivity contribution in [1.82, 2.24) is 69.8 Å². The molecule has 7 heterocycles. The second-order valence-electron chi connectivity index (χ2n) is 11.8. The Morgan fingerprint density at radius 2 is 1.08 bits per heavy atom. The van der Waals surface area contributed by atoms with E-state index in [0.29, 0.717) is 50.0 Å². The van der Waals surface area contributed by atoms with Crippen molar-refractivity contribution in [2.24, 2.45) is 11.5 Å². The van der Waals surface area contributed by atoms with Crippen LogP contribution in [0.5, 0.6) is 6.01 Å². The van der Waals surface area contributed by atoms with Gasteiger partial charge in [-0.1, -0.05) is 104 Å². The number of methoxy groups -OCH3 is 1. The molecule has 0 aliphatic heterocycles. The largest absolute Gasteiger partial charge is 0.467 e. The Morgan fingerprint density at radius 1 is 0.682 bits per heavy atom. The van der Waals surface area contributed by atoms with E-state index in [1.54, 1.807) is 12.1 Å². The van der Waals surface area contributed by atoms with Crippen LogP contribution in [-0.2, 0) is 71.8 Å². The van der Waals surface area contributed by atoms with Crippen molar-refractivity contribution >= 4 is 128 Å². The van der Waals surface area contributed by atoms with Gasteiger partial charge in [0.25, 0.3) is 6.54 Å². The first-order valence-corrected chi connectivity index (χ1v) is 25.9. The number of thioether (sulfide) groups is 1. The second kappa shape index (κ2) is 66.4. The van der Waals surface area contributed by atoms with Crippen molar-refractivity contribution in [3.63, 3.8) is 0 Å². The molecule has 0 aromatic carbocycles. The summed E-state index contributed by atoms with van der Waals surface area (Å²) >= 11 is 26.4. The second-order valence-corrected chi connectivity index (χ2v) is 14.6. The molecule has 0 amide bonds. The number of nitriles is 1. The normalized spacial score (nSPS) is 7.91. The molecule has 0 aliphatic rings. The van der Waals surface area contributed by atoms with Gasteiger partial charge >= 0.3 is 11.7 Å². The summed E-state index contributed by atoms with van der Waals surface area (Å²) in [5.74, 6) is 2.87. The van der Waals surface area contributed by atoms with E-state index < -0.39 is 5.69 Å². The van der Waals surface area contributed by atoms with Crippen LogP contribution in [-0.4, -0.2) is 94.8 Å². The number of nitrogens with two attached hydrogens (primary N) is 11. The molecular weight excluding hydrogens is 1370 g/mol. The molecule has 0 bridgehead atoms. The third-order valence-corrected chi connectivity index (χ3v) is 7.27. The van der Waals surface area contributed by atoms with E-state index in [2.05, 4.69) is 123 Å². The zero-order chi connectivity index (χ0) is 64.1. The molecule has 31 nitrogen and oxygen atoms in total. The van der Waals surface area contributed by atoms with Gasteiger partial charge in [-0.3, -0.25) is 4.98 Å². The van der Waals surface area contributed by atoms with Gasteiger partial charge in [0.1, 0.15) is 63.6 Å². The van der Waals surface area contributed by atoms with Gasteiger partial charge in [0, 0.05) is 119 Å². The van der Waals surface area contributed by atoms with E-state index in [-0.39, 0.29) is 137 Å². The number of rotatable bonds is 3. The zero-order valence-corrected chi connectivity index (χ0v) is 59.9. The third kappa shape index (κ3) is 66.3. The third-order valence-electron chi connectivity index (χ3n) is 5.96. The average molecular weight is 1450 g/mol. The van der Waals surface area contributed by atoms with E-state index in [0.717, 1.165) is 12.1 Å². The summed E-state index contributed by atoms with van der Waals surface area (Å²) in [6.07, 6.45) is 7.62. The Hall–Kier alpha value is -6.72. The summed E-state index contributed by atoms with van der Waals surface area (Å²) in [4.78, 5) is 59.7. The van der Waals surface area contributed by atoms with E-state index in [4.69, 9.17) is 114 Å². The summed E-state index contributed by atoms with van der Waals surface area (Å²) < 4.78 is 5.01. The van der Waals surface area contributed by atoms with Crippen LogP contribution in [0.25, 0.3) is 4.85 Å². The number of ether oxygens (including phenoxy) is 1. The smallest absolute Gasteiger partial charge is 0.348 e. The number of aromatic amines is 4. The number of anilines is 9. The Balaban J connectivity index is -0.0000000918. The molecule has 0 saturated heterocycles. The monoisotopic (exact) mass is 1450 g/mol. The molecular formula is C46H78Cl3N29O2S3Y2-4. The Morgan fingerprint density at radius 3 is 1.36 bits per heavy atom. The van der Waals surface area contributed by atoms with E-state index in [1.807, 2.05) is 68.6 Å².